The van der Waals surface area contributed by atoms with Gasteiger partial charge in [0.1, 0.15) is 0 Å². The van der Waals surface area contributed by atoms with Crippen molar-refractivity contribution in [1.29, 1.82) is 0 Å². The van der Waals surface area contributed by atoms with Gasteiger partial charge in [0.2, 0.25) is 4.96 Å². The molecular weight excluding hydrogens is 424 g/mol. The fraction of sp³-hybridized carbons (Fsp3) is 0. The Labute approximate surface area is 160 Å². The van der Waals surface area contributed by atoms with E-state index in [4.69, 9.17) is 11.6 Å². The first-order valence-electron chi connectivity index (χ1n) is 7.28. The maximum absolute atomic E-state index is 12.4. The molecule has 4 rings (SSSR count). The summed E-state index contributed by atoms with van der Waals surface area (Å²) >= 11 is 10.8. The molecule has 0 bridgehead atoms. The van der Waals surface area contributed by atoms with E-state index in [-0.39, 0.29) is 11.9 Å². The third-order valence-electron chi connectivity index (χ3n) is 3.57. The van der Waals surface area contributed by atoms with E-state index in [9.17, 15) is 4.79 Å². The van der Waals surface area contributed by atoms with Crippen LogP contribution in [-0.2, 0) is 0 Å². The first-order valence-corrected chi connectivity index (χ1v) is 9.33. The first kappa shape index (κ1) is 16.3. The second kappa shape index (κ2) is 6.59. The van der Waals surface area contributed by atoms with E-state index >= 15 is 0 Å². The Bertz CT molecular complexity index is 1070. The van der Waals surface area contributed by atoms with Crippen molar-refractivity contribution in [1.82, 2.24) is 14.6 Å². The van der Waals surface area contributed by atoms with Crippen LogP contribution in [0.5, 0.6) is 0 Å². The van der Waals surface area contributed by atoms with Crippen molar-refractivity contribution in [3.8, 4) is 11.3 Å². The van der Waals surface area contributed by atoms with Gasteiger partial charge >= 0.3 is 0 Å². The SMILES string of the molecule is O=C(Nc1nc2scc(-c3ccc(Cl)cc3)n2n1)c1ccccc1Br. The minimum atomic E-state index is -0.265. The molecule has 25 heavy (non-hydrogen) atoms. The molecule has 0 atom stereocenters. The topological polar surface area (TPSA) is 59.3 Å². The van der Waals surface area contributed by atoms with E-state index < -0.39 is 0 Å². The molecule has 0 spiro atoms. The molecule has 8 heteroatoms. The fourth-order valence-electron chi connectivity index (χ4n) is 2.37. The molecule has 4 aromatic rings. The molecule has 0 aliphatic carbocycles. The summed E-state index contributed by atoms with van der Waals surface area (Å²) < 4.78 is 2.43. The predicted molar refractivity (Wildman–Crippen MR) is 103 cm³/mol. The van der Waals surface area contributed by atoms with E-state index in [0.29, 0.717) is 15.5 Å². The zero-order valence-electron chi connectivity index (χ0n) is 12.6. The average Bonchev–Trinajstić information content (AvgIpc) is 3.16. The maximum Gasteiger partial charge on any atom is 0.259 e. The quantitative estimate of drug-likeness (QED) is 0.487. The summed E-state index contributed by atoms with van der Waals surface area (Å²) in [7, 11) is 0. The van der Waals surface area contributed by atoms with E-state index in [1.165, 1.54) is 11.3 Å². The fourth-order valence-corrected chi connectivity index (χ4v) is 3.79. The number of hydrogen-bond acceptors (Lipinski definition) is 4. The van der Waals surface area contributed by atoms with Crippen LogP contribution in [-0.4, -0.2) is 20.5 Å². The van der Waals surface area contributed by atoms with Crippen LogP contribution in [0.2, 0.25) is 5.02 Å². The highest BCUT2D eigenvalue weighted by atomic mass is 79.9. The van der Waals surface area contributed by atoms with Crippen LogP contribution >= 0.6 is 38.9 Å². The van der Waals surface area contributed by atoms with Crippen molar-refractivity contribution in [3.05, 3.63) is 69.0 Å². The highest BCUT2D eigenvalue weighted by molar-refractivity contribution is 9.10. The summed E-state index contributed by atoms with van der Waals surface area (Å²) in [5.74, 6) is 0.00147. The molecular formula is C17H10BrClN4OS. The molecule has 0 saturated heterocycles. The van der Waals surface area contributed by atoms with Gasteiger partial charge in [0.05, 0.1) is 11.3 Å². The Morgan fingerprint density at radius 2 is 1.92 bits per heavy atom. The van der Waals surface area contributed by atoms with Gasteiger partial charge in [-0.1, -0.05) is 35.9 Å². The number of carbonyl (C=O) groups excluding carboxylic acids is 1. The highest BCUT2D eigenvalue weighted by Gasteiger charge is 2.15. The lowest BCUT2D eigenvalue weighted by Gasteiger charge is -2.03. The molecule has 1 amide bonds. The number of nitrogens with zero attached hydrogens (tertiary/aromatic N) is 3. The van der Waals surface area contributed by atoms with Crippen LogP contribution in [0.3, 0.4) is 0 Å². The van der Waals surface area contributed by atoms with Gasteiger partial charge in [-0.3, -0.25) is 10.1 Å². The minimum absolute atomic E-state index is 0.265. The van der Waals surface area contributed by atoms with Crippen LogP contribution in [0.25, 0.3) is 16.2 Å². The van der Waals surface area contributed by atoms with Gasteiger partial charge in [-0.15, -0.1) is 16.4 Å². The molecule has 1 N–H and O–H groups in total. The normalized spacial score (nSPS) is 11.0. The maximum atomic E-state index is 12.4. The first-order chi connectivity index (χ1) is 12.1. The molecule has 124 valence electrons. The molecule has 0 radical (unpaired) electrons. The highest BCUT2D eigenvalue weighted by Crippen LogP contribution is 2.27. The zero-order chi connectivity index (χ0) is 17.4. The van der Waals surface area contributed by atoms with E-state index in [1.54, 1.807) is 16.6 Å². The molecule has 0 aliphatic heterocycles. The summed E-state index contributed by atoms with van der Waals surface area (Å²) in [6, 6.07) is 14.7. The third-order valence-corrected chi connectivity index (χ3v) is 5.33. The minimum Gasteiger partial charge on any atom is -0.289 e. The summed E-state index contributed by atoms with van der Waals surface area (Å²) in [6.07, 6.45) is 0. The molecule has 0 unspecified atom stereocenters. The Balaban J connectivity index is 1.65. The molecule has 2 heterocycles. The summed E-state index contributed by atoms with van der Waals surface area (Å²) in [5.41, 5.74) is 2.40. The number of nitrogens with one attached hydrogen (secondary N) is 1. The van der Waals surface area contributed by atoms with E-state index in [0.717, 1.165) is 15.7 Å². The van der Waals surface area contributed by atoms with Crippen LogP contribution in [0.4, 0.5) is 5.95 Å². The number of carbonyl (C=O) groups is 1. The zero-order valence-corrected chi connectivity index (χ0v) is 15.8. The number of rotatable bonds is 3. The summed E-state index contributed by atoms with van der Waals surface area (Å²) in [4.78, 5) is 17.5. The van der Waals surface area contributed by atoms with E-state index in [2.05, 4.69) is 31.3 Å². The lowest BCUT2D eigenvalue weighted by molar-refractivity contribution is 0.102. The van der Waals surface area contributed by atoms with Crippen molar-refractivity contribution in [2.75, 3.05) is 5.32 Å². The van der Waals surface area contributed by atoms with Crippen LogP contribution in [0.15, 0.2) is 58.4 Å². The summed E-state index contributed by atoms with van der Waals surface area (Å²) in [5, 5.41) is 9.78. The van der Waals surface area contributed by atoms with Crippen LogP contribution in [0, 0.1) is 0 Å². The lowest BCUT2D eigenvalue weighted by atomic mass is 10.2. The van der Waals surface area contributed by atoms with Gasteiger partial charge in [0, 0.05) is 20.4 Å². The van der Waals surface area contributed by atoms with Gasteiger partial charge in [-0.2, -0.15) is 4.98 Å². The smallest absolute Gasteiger partial charge is 0.259 e. The molecule has 5 nitrogen and oxygen atoms in total. The Morgan fingerprint density at radius 3 is 2.68 bits per heavy atom. The van der Waals surface area contributed by atoms with Crippen molar-refractivity contribution < 1.29 is 4.79 Å². The number of aromatic nitrogens is 3. The second-order valence-corrected chi connectivity index (χ2v) is 7.32. The standard InChI is InChI=1S/C17H10BrClN4OS/c18-13-4-2-1-3-12(13)15(24)20-16-21-17-23(22-16)14(9-25-17)10-5-7-11(19)8-6-10/h1-9H,(H,20,22,24). The Morgan fingerprint density at radius 1 is 1.16 bits per heavy atom. The number of hydrogen-bond donors (Lipinski definition) is 1. The predicted octanol–water partition coefficient (Wildman–Crippen LogP) is 5.13. The number of thiazole rings is 1. The van der Waals surface area contributed by atoms with Crippen LogP contribution in [0.1, 0.15) is 10.4 Å². The molecule has 0 aliphatic rings. The number of halogens is 2. The van der Waals surface area contributed by atoms with Crippen molar-refractivity contribution >= 4 is 55.7 Å². The van der Waals surface area contributed by atoms with Crippen LogP contribution < -0.4 is 5.32 Å². The van der Waals surface area contributed by atoms with Gasteiger partial charge in [-0.25, -0.2) is 4.52 Å². The molecule has 2 aromatic carbocycles. The average molecular weight is 434 g/mol. The Hall–Kier alpha value is -2.22. The summed E-state index contributed by atoms with van der Waals surface area (Å²) in [6.45, 7) is 0. The molecule has 0 saturated carbocycles. The van der Waals surface area contributed by atoms with Gasteiger partial charge in [-0.05, 0) is 40.2 Å². The largest absolute Gasteiger partial charge is 0.289 e. The van der Waals surface area contributed by atoms with Crippen molar-refractivity contribution in [3.63, 3.8) is 0 Å². The molecule has 0 fully saturated rings. The number of fused-ring (bicyclic) bond motifs is 1. The van der Waals surface area contributed by atoms with Crippen molar-refractivity contribution in [2.45, 2.75) is 0 Å². The van der Waals surface area contributed by atoms with E-state index in [1.807, 2.05) is 41.8 Å². The monoisotopic (exact) mass is 432 g/mol. The van der Waals surface area contributed by atoms with Gasteiger partial charge < -0.3 is 0 Å². The number of anilines is 1. The lowest BCUT2D eigenvalue weighted by Crippen LogP contribution is -2.13. The van der Waals surface area contributed by atoms with Gasteiger partial charge in [0.25, 0.3) is 11.9 Å². The number of amides is 1. The molecule has 2 aromatic heterocycles. The van der Waals surface area contributed by atoms with Crippen molar-refractivity contribution in [2.24, 2.45) is 0 Å². The second-order valence-electron chi connectivity index (χ2n) is 5.19. The number of benzene rings is 2. The van der Waals surface area contributed by atoms with Gasteiger partial charge in [0.15, 0.2) is 0 Å². The third kappa shape index (κ3) is 3.18. The Kier molecular flexibility index (Phi) is 4.29.